The van der Waals surface area contributed by atoms with Crippen molar-refractivity contribution in [1.82, 2.24) is 4.57 Å². The number of alkyl halides is 3. The maximum atomic E-state index is 14.1. The highest BCUT2D eigenvalue weighted by Gasteiger charge is 2.57. The molecule has 6 rings (SSSR count). The minimum absolute atomic E-state index is 0.214. The fourth-order valence-corrected chi connectivity index (χ4v) is 8.51. The molecule has 0 radical (unpaired) electrons. The molecule has 2 aliphatic rings. The number of fused-ring (bicyclic) bond motifs is 2. The first kappa shape index (κ1) is 31.7. The van der Waals surface area contributed by atoms with E-state index in [1.54, 1.807) is 42.5 Å². The van der Waals surface area contributed by atoms with E-state index in [0.717, 1.165) is 46.2 Å². The molecule has 1 fully saturated rings. The van der Waals surface area contributed by atoms with E-state index in [1.165, 1.54) is 24.9 Å². The molecule has 3 atom stereocenters. The van der Waals surface area contributed by atoms with Crippen molar-refractivity contribution in [1.29, 1.82) is 0 Å². The Labute approximate surface area is 272 Å². The van der Waals surface area contributed by atoms with Gasteiger partial charge in [-0.2, -0.15) is 13.2 Å². The van der Waals surface area contributed by atoms with Crippen molar-refractivity contribution in [3.8, 4) is 11.5 Å². The van der Waals surface area contributed by atoms with E-state index in [1.807, 2.05) is 0 Å². The molecule has 3 amide bonds. The minimum Gasteiger partial charge on any atom is -0.493 e. The average Bonchev–Trinajstić information content (AvgIpc) is 3.47. The molecule has 1 N–H and O–H groups in total. The fourth-order valence-electron chi connectivity index (χ4n) is 5.61. The van der Waals surface area contributed by atoms with Crippen LogP contribution in [0, 0.1) is 5.92 Å². The standard InChI is InChI=1S/C31H23ClF3N3O6S2/c1-43-20-11-6-15(12-21(20)44-2)23-24-25(28(41)38(27(24)40)19-5-3-4-16(13-19)31(33,34)35)45-29-26(23)46-30(42)37(29)14-22(39)36-18-9-7-17(32)8-10-18/h3-13,23-25H,14H2,1-2H3,(H,36,39)/t23-,24-,25+/m0/s1. The molecule has 1 saturated heterocycles. The number of aromatic nitrogens is 1. The fraction of sp³-hybridized carbons (Fsp3) is 0.226. The predicted octanol–water partition coefficient (Wildman–Crippen LogP) is 6.03. The van der Waals surface area contributed by atoms with Crippen LogP contribution in [0.1, 0.15) is 21.9 Å². The van der Waals surface area contributed by atoms with Gasteiger partial charge in [-0.3, -0.25) is 23.7 Å². The van der Waals surface area contributed by atoms with Gasteiger partial charge in [0.1, 0.15) is 11.8 Å². The number of rotatable bonds is 7. The van der Waals surface area contributed by atoms with Crippen LogP contribution in [0.5, 0.6) is 11.5 Å². The van der Waals surface area contributed by atoms with Gasteiger partial charge in [0.15, 0.2) is 11.5 Å². The van der Waals surface area contributed by atoms with Gasteiger partial charge in [0.25, 0.3) is 0 Å². The molecule has 238 valence electrons. The van der Waals surface area contributed by atoms with Crippen LogP contribution in [0.4, 0.5) is 24.5 Å². The number of ether oxygens (including phenoxy) is 2. The maximum absolute atomic E-state index is 14.1. The third-order valence-corrected chi connectivity index (χ3v) is 10.5. The molecular formula is C31H23ClF3N3O6S2. The Morgan fingerprint density at radius 1 is 0.957 bits per heavy atom. The molecule has 0 saturated carbocycles. The molecule has 0 unspecified atom stereocenters. The molecule has 46 heavy (non-hydrogen) atoms. The third-order valence-electron chi connectivity index (χ3n) is 7.68. The molecular weight excluding hydrogens is 667 g/mol. The number of nitrogens with one attached hydrogen (secondary N) is 1. The van der Waals surface area contributed by atoms with E-state index < -0.39 is 58.0 Å². The summed E-state index contributed by atoms with van der Waals surface area (Å²) in [4.78, 5) is 55.1. The van der Waals surface area contributed by atoms with Crippen LogP contribution >= 0.6 is 34.7 Å². The van der Waals surface area contributed by atoms with E-state index in [9.17, 15) is 32.3 Å². The van der Waals surface area contributed by atoms with Gasteiger partial charge in [0, 0.05) is 21.5 Å². The van der Waals surface area contributed by atoms with Crippen molar-refractivity contribution in [2.24, 2.45) is 5.92 Å². The highest BCUT2D eigenvalue weighted by Crippen LogP contribution is 2.54. The Morgan fingerprint density at radius 3 is 2.35 bits per heavy atom. The molecule has 0 spiro atoms. The Hall–Kier alpha value is -4.27. The van der Waals surface area contributed by atoms with Crippen molar-refractivity contribution in [2.45, 2.75) is 28.9 Å². The number of thiazole rings is 1. The number of carbonyl (C=O) groups excluding carboxylic acids is 3. The monoisotopic (exact) mass is 689 g/mol. The average molecular weight is 690 g/mol. The Kier molecular flexibility index (Phi) is 8.38. The number of carbonyl (C=O) groups is 3. The minimum atomic E-state index is -4.70. The topological polar surface area (TPSA) is 107 Å². The molecule has 1 aromatic heterocycles. The largest absolute Gasteiger partial charge is 0.493 e. The van der Waals surface area contributed by atoms with Crippen LogP contribution in [-0.4, -0.2) is 41.8 Å². The molecule has 3 heterocycles. The molecule has 15 heteroatoms. The summed E-state index contributed by atoms with van der Waals surface area (Å²) >= 11 is 7.71. The van der Waals surface area contributed by atoms with Crippen LogP contribution in [0.2, 0.25) is 5.02 Å². The van der Waals surface area contributed by atoms with E-state index in [0.29, 0.717) is 37.7 Å². The quantitative estimate of drug-likeness (QED) is 0.236. The number of nitrogens with zero attached hydrogens (tertiary/aromatic N) is 2. The lowest BCUT2D eigenvalue weighted by Gasteiger charge is -2.31. The van der Waals surface area contributed by atoms with Crippen molar-refractivity contribution in [3.63, 3.8) is 0 Å². The SMILES string of the molecule is COc1ccc([C@@H]2c3sc(=O)n(CC(=O)Nc4ccc(Cl)cc4)c3S[C@H]3C(=O)N(c4cccc(C(F)(F)F)c4)C(=O)[C@@H]23)cc1OC. The summed E-state index contributed by atoms with van der Waals surface area (Å²) in [6.07, 6.45) is -4.70. The highest BCUT2D eigenvalue weighted by molar-refractivity contribution is 8.00. The Balaban J connectivity index is 1.44. The molecule has 0 bridgehead atoms. The number of hydrogen-bond donors (Lipinski definition) is 1. The first-order chi connectivity index (χ1) is 21.9. The first-order valence-electron chi connectivity index (χ1n) is 13.6. The van der Waals surface area contributed by atoms with Crippen molar-refractivity contribution >= 4 is 63.8 Å². The summed E-state index contributed by atoms with van der Waals surface area (Å²) in [6, 6.07) is 15.3. The number of thioether (sulfide) groups is 1. The Bertz CT molecular complexity index is 1930. The molecule has 9 nitrogen and oxygen atoms in total. The summed E-state index contributed by atoms with van der Waals surface area (Å²) in [7, 11) is 2.89. The van der Waals surface area contributed by atoms with E-state index in [2.05, 4.69) is 5.32 Å². The van der Waals surface area contributed by atoms with Gasteiger partial charge >= 0.3 is 11.0 Å². The Morgan fingerprint density at radius 2 is 1.67 bits per heavy atom. The van der Waals surface area contributed by atoms with Gasteiger partial charge in [-0.15, -0.1) is 0 Å². The second-order valence-corrected chi connectivity index (χ2v) is 13.0. The zero-order valence-electron chi connectivity index (χ0n) is 24.0. The van der Waals surface area contributed by atoms with Gasteiger partial charge in [-0.1, -0.05) is 46.8 Å². The second kappa shape index (κ2) is 12.2. The number of hydrogen-bond acceptors (Lipinski definition) is 8. The molecule has 3 aromatic carbocycles. The second-order valence-electron chi connectivity index (χ2n) is 10.4. The zero-order chi connectivity index (χ0) is 32.9. The summed E-state index contributed by atoms with van der Waals surface area (Å²) in [5.41, 5.74) is -0.255. The van der Waals surface area contributed by atoms with Crippen LogP contribution in [-0.2, 0) is 27.1 Å². The lowest BCUT2D eigenvalue weighted by atomic mass is 9.83. The number of methoxy groups -OCH3 is 2. The number of amides is 3. The molecule has 4 aromatic rings. The predicted molar refractivity (Wildman–Crippen MR) is 167 cm³/mol. The van der Waals surface area contributed by atoms with E-state index in [-0.39, 0.29) is 5.69 Å². The third kappa shape index (κ3) is 5.65. The van der Waals surface area contributed by atoms with E-state index >= 15 is 0 Å². The van der Waals surface area contributed by atoms with Crippen molar-refractivity contribution < 1.29 is 37.0 Å². The van der Waals surface area contributed by atoms with Crippen molar-refractivity contribution in [2.75, 3.05) is 24.4 Å². The van der Waals surface area contributed by atoms with Crippen LogP contribution in [0.3, 0.4) is 0 Å². The normalized spacial score (nSPS) is 19.1. The lowest BCUT2D eigenvalue weighted by molar-refractivity contribution is -0.137. The summed E-state index contributed by atoms with van der Waals surface area (Å²) in [5.74, 6) is -3.17. The number of imide groups is 1. The number of benzene rings is 3. The van der Waals surface area contributed by atoms with Crippen molar-refractivity contribution in [3.05, 3.63) is 97.4 Å². The van der Waals surface area contributed by atoms with Gasteiger partial charge in [0.2, 0.25) is 17.7 Å². The lowest BCUT2D eigenvalue weighted by Crippen LogP contribution is -2.33. The number of halogens is 4. The van der Waals surface area contributed by atoms with Gasteiger partial charge < -0.3 is 14.8 Å². The van der Waals surface area contributed by atoms with Gasteiger partial charge in [-0.05, 0) is 60.2 Å². The van der Waals surface area contributed by atoms with Crippen LogP contribution in [0.15, 0.2) is 76.6 Å². The smallest absolute Gasteiger partial charge is 0.416 e. The highest BCUT2D eigenvalue weighted by atomic mass is 35.5. The molecule has 0 aliphatic carbocycles. The maximum Gasteiger partial charge on any atom is 0.416 e. The first-order valence-corrected chi connectivity index (χ1v) is 15.7. The number of anilines is 2. The summed E-state index contributed by atoms with van der Waals surface area (Å²) < 4.78 is 52.7. The van der Waals surface area contributed by atoms with E-state index in [4.69, 9.17) is 21.1 Å². The van der Waals surface area contributed by atoms with Gasteiger partial charge in [-0.25, -0.2) is 4.90 Å². The molecule has 2 aliphatic heterocycles. The van der Waals surface area contributed by atoms with Gasteiger partial charge in [0.05, 0.1) is 36.4 Å². The summed E-state index contributed by atoms with van der Waals surface area (Å²) in [6.45, 7) is -0.393. The van der Waals surface area contributed by atoms with Crippen LogP contribution < -0.4 is 24.6 Å². The van der Waals surface area contributed by atoms with Crippen LogP contribution in [0.25, 0.3) is 0 Å². The summed E-state index contributed by atoms with van der Waals surface area (Å²) in [5, 5.41) is 2.39. The zero-order valence-corrected chi connectivity index (χ0v) is 26.4.